The van der Waals surface area contributed by atoms with E-state index in [1.54, 1.807) is 13.8 Å². The second kappa shape index (κ2) is 8.61. The number of ether oxygens (including phenoxy) is 1. The van der Waals surface area contributed by atoms with Gasteiger partial charge in [0.1, 0.15) is 0 Å². The van der Waals surface area contributed by atoms with Crippen LogP contribution in [0.25, 0.3) is 0 Å². The number of nitrogens with zero attached hydrogens (tertiary/aromatic N) is 2. The monoisotopic (exact) mass is 397 g/mol. The maximum absolute atomic E-state index is 13.1. The number of Topliss-reactive ketones (excluding diaryl/α,β-unsaturated/α-hetero) is 1. The summed E-state index contributed by atoms with van der Waals surface area (Å²) < 4.78 is 4.82. The summed E-state index contributed by atoms with van der Waals surface area (Å²) in [4.78, 5) is 44.6. The van der Waals surface area contributed by atoms with E-state index in [0.717, 1.165) is 0 Å². The van der Waals surface area contributed by atoms with Crippen LogP contribution in [-0.4, -0.2) is 71.8 Å². The van der Waals surface area contributed by atoms with Crippen molar-refractivity contribution in [3.05, 3.63) is 58.4 Å². The van der Waals surface area contributed by atoms with Crippen LogP contribution in [0, 0.1) is 13.8 Å². The number of carbonyl (C=O) groups is 3. The molecule has 0 spiro atoms. The van der Waals surface area contributed by atoms with Gasteiger partial charge in [0.15, 0.2) is 5.78 Å². The fourth-order valence-electron chi connectivity index (χ4n) is 3.85. The third-order valence-corrected chi connectivity index (χ3v) is 5.62. The quantitative estimate of drug-likeness (QED) is 0.619. The summed E-state index contributed by atoms with van der Waals surface area (Å²) in [5.74, 6) is -0.498. The molecule has 0 aliphatic carbocycles. The van der Waals surface area contributed by atoms with E-state index in [1.165, 1.54) is 7.11 Å². The Morgan fingerprint density at radius 2 is 1.66 bits per heavy atom. The van der Waals surface area contributed by atoms with Crippen LogP contribution in [0.2, 0.25) is 0 Å². The molecule has 7 heteroatoms. The van der Waals surface area contributed by atoms with E-state index < -0.39 is 5.97 Å². The fourth-order valence-corrected chi connectivity index (χ4v) is 3.85. The number of piperazine rings is 1. The summed E-state index contributed by atoms with van der Waals surface area (Å²) in [6.45, 7) is 7.76. The highest BCUT2D eigenvalue weighted by Gasteiger charge is 2.31. The molecule has 1 aromatic carbocycles. The van der Waals surface area contributed by atoms with E-state index >= 15 is 0 Å². The number of methoxy groups -OCH3 is 1. The number of aromatic nitrogens is 1. The van der Waals surface area contributed by atoms with Crippen molar-refractivity contribution in [3.63, 3.8) is 0 Å². The Bertz CT molecular complexity index is 912. The summed E-state index contributed by atoms with van der Waals surface area (Å²) in [5, 5.41) is 0. The topological polar surface area (TPSA) is 82.7 Å². The molecule has 0 bridgehead atoms. The summed E-state index contributed by atoms with van der Waals surface area (Å²) in [6, 6.07) is 8.87. The standard InChI is InChI=1S/C22H27N3O4/c1-14-18(22(28)29-4)15(2)23-19(14)20(26)16(3)24-10-12-25(13-11-24)21(27)17-8-6-5-7-9-17/h5-9,16,23H,10-13H2,1-4H3. The number of hydrogen-bond acceptors (Lipinski definition) is 5. The number of aryl methyl sites for hydroxylation is 1. The van der Waals surface area contributed by atoms with Crippen LogP contribution >= 0.6 is 0 Å². The minimum Gasteiger partial charge on any atom is -0.465 e. The summed E-state index contributed by atoms with van der Waals surface area (Å²) in [6.07, 6.45) is 0. The molecule has 1 amide bonds. The molecule has 1 saturated heterocycles. The van der Waals surface area contributed by atoms with E-state index in [1.807, 2.05) is 42.2 Å². The number of ketones is 1. The van der Waals surface area contributed by atoms with Crippen LogP contribution in [0.4, 0.5) is 0 Å². The van der Waals surface area contributed by atoms with Gasteiger partial charge in [0, 0.05) is 37.4 Å². The van der Waals surface area contributed by atoms with E-state index in [9.17, 15) is 14.4 Å². The van der Waals surface area contributed by atoms with Crippen molar-refractivity contribution in [2.75, 3.05) is 33.3 Å². The number of H-pyrrole nitrogens is 1. The number of hydrogen-bond donors (Lipinski definition) is 1. The summed E-state index contributed by atoms with van der Waals surface area (Å²) >= 11 is 0. The molecular weight excluding hydrogens is 370 g/mol. The minimum absolute atomic E-state index is 0.0165. The average molecular weight is 397 g/mol. The first-order chi connectivity index (χ1) is 13.8. The molecule has 1 aliphatic rings. The molecule has 1 aliphatic heterocycles. The van der Waals surface area contributed by atoms with Crippen molar-refractivity contribution in [1.29, 1.82) is 0 Å². The van der Waals surface area contributed by atoms with Crippen LogP contribution < -0.4 is 0 Å². The van der Waals surface area contributed by atoms with Crippen molar-refractivity contribution in [2.45, 2.75) is 26.8 Å². The van der Waals surface area contributed by atoms with Crippen molar-refractivity contribution in [1.82, 2.24) is 14.8 Å². The number of nitrogens with one attached hydrogen (secondary N) is 1. The number of amides is 1. The molecule has 2 aromatic rings. The first-order valence-corrected chi connectivity index (χ1v) is 9.75. The Hall–Kier alpha value is -2.93. The second-order valence-electron chi connectivity index (χ2n) is 7.35. The number of rotatable bonds is 5. The van der Waals surface area contributed by atoms with Gasteiger partial charge in [0.05, 0.1) is 24.4 Å². The van der Waals surface area contributed by atoms with Gasteiger partial charge in [-0.2, -0.15) is 0 Å². The third-order valence-electron chi connectivity index (χ3n) is 5.62. The first kappa shape index (κ1) is 20.8. The number of benzene rings is 1. The first-order valence-electron chi connectivity index (χ1n) is 9.75. The molecule has 1 aromatic heterocycles. The Balaban J connectivity index is 1.67. The lowest BCUT2D eigenvalue weighted by Gasteiger charge is -2.37. The minimum atomic E-state index is -0.448. The van der Waals surface area contributed by atoms with Gasteiger partial charge in [-0.3, -0.25) is 14.5 Å². The molecule has 7 nitrogen and oxygen atoms in total. The highest BCUT2D eigenvalue weighted by molar-refractivity contribution is 6.03. The van der Waals surface area contributed by atoms with Gasteiger partial charge in [-0.15, -0.1) is 0 Å². The zero-order valence-electron chi connectivity index (χ0n) is 17.3. The van der Waals surface area contributed by atoms with Gasteiger partial charge in [-0.1, -0.05) is 18.2 Å². The highest BCUT2D eigenvalue weighted by atomic mass is 16.5. The average Bonchev–Trinajstić information content (AvgIpc) is 3.06. The molecule has 1 N–H and O–H groups in total. The van der Waals surface area contributed by atoms with E-state index in [4.69, 9.17) is 4.74 Å². The van der Waals surface area contributed by atoms with Crippen molar-refractivity contribution >= 4 is 17.7 Å². The van der Waals surface area contributed by atoms with Gasteiger partial charge in [0.2, 0.25) is 0 Å². The van der Waals surface area contributed by atoms with E-state index in [-0.39, 0.29) is 17.7 Å². The Morgan fingerprint density at radius 1 is 1.03 bits per heavy atom. The van der Waals surface area contributed by atoms with Crippen LogP contribution in [-0.2, 0) is 4.74 Å². The number of carbonyl (C=O) groups excluding carboxylic acids is 3. The normalized spacial score (nSPS) is 15.8. The summed E-state index contributed by atoms with van der Waals surface area (Å²) in [7, 11) is 1.33. The van der Waals surface area contributed by atoms with Crippen molar-refractivity contribution in [2.24, 2.45) is 0 Å². The second-order valence-corrected chi connectivity index (χ2v) is 7.35. The predicted octanol–water partition coefficient (Wildman–Crippen LogP) is 2.45. The van der Waals surface area contributed by atoms with Crippen LogP contribution in [0.3, 0.4) is 0 Å². The third kappa shape index (κ3) is 4.10. The Labute approximate surface area is 170 Å². The molecule has 154 valence electrons. The molecule has 0 saturated carbocycles. The van der Waals surface area contributed by atoms with Crippen LogP contribution in [0.1, 0.15) is 49.4 Å². The SMILES string of the molecule is COC(=O)c1c(C)[nH]c(C(=O)C(C)N2CCN(C(=O)c3ccccc3)CC2)c1C. The van der Waals surface area contributed by atoms with E-state index in [2.05, 4.69) is 9.88 Å². The lowest BCUT2D eigenvalue weighted by molar-refractivity contribution is 0.0549. The Kier molecular flexibility index (Phi) is 6.17. The van der Waals surface area contributed by atoms with Crippen molar-refractivity contribution in [3.8, 4) is 0 Å². The lowest BCUT2D eigenvalue weighted by Crippen LogP contribution is -2.53. The predicted molar refractivity (Wildman–Crippen MR) is 109 cm³/mol. The molecule has 1 fully saturated rings. The van der Waals surface area contributed by atoms with Crippen LogP contribution in [0.5, 0.6) is 0 Å². The molecule has 1 unspecified atom stereocenters. The highest BCUT2D eigenvalue weighted by Crippen LogP contribution is 2.22. The zero-order chi connectivity index (χ0) is 21.1. The van der Waals surface area contributed by atoms with Gasteiger partial charge >= 0.3 is 5.97 Å². The zero-order valence-corrected chi connectivity index (χ0v) is 17.3. The largest absolute Gasteiger partial charge is 0.465 e. The molecule has 29 heavy (non-hydrogen) atoms. The molecule has 1 atom stereocenters. The van der Waals surface area contributed by atoms with Gasteiger partial charge in [0.25, 0.3) is 5.91 Å². The fraction of sp³-hybridized carbons (Fsp3) is 0.409. The summed E-state index contributed by atoms with van der Waals surface area (Å²) in [5.41, 5.74) is 2.78. The van der Waals surface area contributed by atoms with Gasteiger partial charge in [-0.05, 0) is 38.5 Å². The van der Waals surface area contributed by atoms with Crippen LogP contribution in [0.15, 0.2) is 30.3 Å². The molecule has 3 rings (SSSR count). The molecule has 0 radical (unpaired) electrons. The maximum Gasteiger partial charge on any atom is 0.339 e. The van der Waals surface area contributed by atoms with Gasteiger partial charge in [-0.25, -0.2) is 4.79 Å². The smallest absolute Gasteiger partial charge is 0.339 e. The molecule has 2 heterocycles. The van der Waals surface area contributed by atoms with Gasteiger partial charge < -0.3 is 14.6 Å². The number of aromatic amines is 1. The maximum atomic E-state index is 13.1. The lowest BCUT2D eigenvalue weighted by atomic mass is 10.0. The molecular formula is C22H27N3O4. The van der Waals surface area contributed by atoms with Crippen molar-refractivity contribution < 1.29 is 19.1 Å². The Morgan fingerprint density at radius 3 is 2.24 bits per heavy atom. The number of esters is 1. The van der Waals surface area contributed by atoms with E-state index in [0.29, 0.717) is 54.3 Å².